The lowest BCUT2D eigenvalue weighted by Gasteiger charge is -2.19. The van der Waals surface area contributed by atoms with E-state index in [0.29, 0.717) is 24.0 Å². The first kappa shape index (κ1) is 26.6. The molecule has 0 bridgehead atoms. The van der Waals surface area contributed by atoms with Gasteiger partial charge in [0.15, 0.2) is 0 Å². The van der Waals surface area contributed by atoms with Crippen molar-refractivity contribution in [3.8, 4) is 11.5 Å². The normalized spacial score (nSPS) is 18.1. The molecule has 42 heavy (non-hydrogen) atoms. The summed E-state index contributed by atoms with van der Waals surface area (Å²) < 4.78 is 0. The lowest BCUT2D eigenvalue weighted by Crippen LogP contribution is -2.10. The van der Waals surface area contributed by atoms with Crippen molar-refractivity contribution in [2.45, 2.75) is 33.1 Å². The van der Waals surface area contributed by atoms with Crippen molar-refractivity contribution in [1.82, 2.24) is 0 Å². The number of benzene rings is 5. The molecule has 0 fully saturated rings. The van der Waals surface area contributed by atoms with Gasteiger partial charge in [-0.25, -0.2) is 0 Å². The van der Waals surface area contributed by atoms with E-state index in [2.05, 4.69) is 60.7 Å². The van der Waals surface area contributed by atoms with Gasteiger partial charge in [0.1, 0.15) is 11.5 Å². The van der Waals surface area contributed by atoms with Crippen LogP contribution in [0.2, 0.25) is 0 Å². The summed E-state index contributed by atoms with van der Waals surface area (Å²) in [4.78, 5) is 12.4. The van der Waals surface area contributed by atoms with Crippen LogP contribution in [0.1, 0.15) is 45.6 Å². The molecule has 2 N–H and O–H groups in total. The lowest BCUT2D eigenvalue weighted by molar-refractivity contribution is 0.449. The maximum atomic E-state index is 11.2. The molecule has 0 aromatic heterocycles. The van der Waals surface area contributed by atoms with E-state index in [1.54, 1.807) is 23.5 Å². The third kappa shape index (κ3) is 5.36. The van der Waals surface area contributed by atoms with Gasteiger partial charge in [-0.15, -0.1) is 23.5 Å². The average molecular weight is 585 g/mol. The summed E-state index contributed by atoms with van der Waals surface area (Å²) in [5.74, 6) is 0.0181. The molecule has 7 rings (SSSR count). The van der Waals surface area contributed by atoms with Crippen LogP contribution in [0.15, 0.2) is 141 Å². The fraction of sp³-hybridized carbons (Fsp3) is 0.111. The Labute approximate surface area is 253 Å². The van der Waals surface area contributed by atoms with E-state index in [1.165, 1.54) is 17.2 Å². The molecule has 0 radical (unpaired) electrons. The van der Waals surface area contributed by atoms with E-state index in [1.807, 2.05) is 54.6 Å². The third-order valence-corrected chi connectivity index (χ3v) is 10.3. The summed E-state index contributed by atoms with van der Waals surface area (Å²) >= 11 is 3.58. The molecule has 0 amide bonds. The molecule has 5 aromatic rings. The number of phenols is 2. The van der Waals surface area contributed by atoms with Gasteiger partial charge in [0, 0.05) is 50.3 Å². The molecule has 0 aliphatic carbocycles. The molecule has 0 unspecified atom stereocenters. The van der Waals surface area contributed by atoms with Crippen molar-refractivity contribution in [3.63, 3.8) is 0 Å². The van der Waals surface area contributed by atoms with Crippen LogP contribution in [-0.4, -0.2) is 21.6 Å². The predicted molar refractivity (Wildman–Crippen MR) is 174 cm³/mol. The number of para-hydroxylation sites is 2. The molecule has 2 aliphatic rings. The summed E-state index contributed by atoms with van der Waals surface area (Å²) in [6, 6.07) is 40.5. The highest BCUT2D eigenvalue weighted by molar-refractivity contribution is 8.00. The summed E-state index contributed by atoms with van der Waals surface area (Å²) in [7, 11) is 0. The van der Waals surface area contributed by atoms with Crippen molar-refractivity contribution < 1.29 is 10.2 Å². The Morgan fingerprint density at radius 2 is 0.905 bits per heavy atom. The molecule has 2 heterocycles. The zero-order chi connectivity index (χ0) is 28.5. The SMILES string of the molecule is Oc1cc(O)c(C2=Nc3ccccc3S[C@@H](c3ccccc3)C2)cc1C1=Nc2ccccc2S[C@H](c2ccccc2)C1. The first-order valence-electron chi connectivity index (χ1n) is 14.0. The second-order valence-electron chi connectivity index (χ2n) is 10.4. The van der Waals surface area contributed by atoms with Gasteiger partial charge in [-0.1, -0.05) is 84.9 Å². The maximum Gasteiger partial charge on any atom is 0.128 e. The van der Waals surface area contributed by atoms with Crippen molar-refractivity contribution >= 4 is 46.3 Å². The maximum absolute atomic E-state index is 11.2. The minimum atomic E-state index is 0.00907. The van der Waals surface area contributed by atoms with Gasteiger partial charge >= 0.3 is 0 Å². The largest absolute Gasteiger partial charge is 0.507 e. The van der Waals surface area contributed by atoms with E-state index in [0.717, 1.165) is 32.6 Å². The molecule has 6 heteroatoms. The number of thioether (sulfide) groups is 2. The Kier molecular flexibility index (Phi) is 7.32. The van der Waals surface area contributed by atoms with E-state index in [-0.39, 0.29) is 22.0 Å². The molecule has 206 valence electrons. The van der Waals surface area contributed by atoms with Crippen molar-refractivity contribution in [3.05, 3.63) is 144 Å². The van der Waals surface area contributed by atoms with Crippen LogP contribution in [0.25, 0.3) is 0 Å². The summed E-state index contributed by atoms with van der Waals surface area (Å²) in [6.45, 7) is 0. The first-order chi connectivity index (χ1) is 20.6. The third-order valence-electron chi connectivity index (χ3n) is 7.62. The van der Waals surface area contributed by atoms with Crippen LogP contribution in [0.5, 0.6) is 11.5 Å². The number of fused-ring (bicyclic) bond motifs is 2. The number of phenolic OH excluding ortho intramolecular Hbond substituents is 2. The number of aromatic hydroxyl groups is 2. The minimum absolute atomic E-state index is 0.00907. The predicted octanol–water partition coefficient (Wildman–Crippen LogP) is 9.81. The Morgan fingerprint density at radius 1 is 0.500 bits per heavy atom. The fourth-order valence-corrected chi connectivity index (χ4v) is 7.97. The highest BCUT2D eigenvalue weighted by atomic mass is 32.2. The summed E-state index contributed by atoms with van der Waals surface area (Å²) in [5, 5.41) is 22.7. The number of nitrogens with zero attached hydrogens (tertiary/aromatic N) is 2. The lowest BCUT2D eigenvalue weighted by atomic mass is 9.94. The van der Waals surface area contributed by atoms with Crippen molar-refractivity contribution in [1.29, 1.82) is 0 Å². The smallest absolute Gasteiger partial charge is 0.128 e. The van der Waals surface area contributed by atoms with Gasteiger partial charge in [0.2, 0.25) is 0 Å². The first-order valence-corrected chi connectivity index (χ1v) is 15.7. The Hall–Kier alpha value is -4.26. The second kappa shape index (κ2) is 11.6. The topological polar surface area (TPSA) is 65.2 Å². The van der Waals surface area contributed by atoms with Gasteiger partial charge in [0.05, 0.1) is 22.8 Å². The standard InChI is InChI=1S/C36H28N2O2S2/c39-31-22-32(40)26(30-21-36(24-13-5-2-6-14-24)42-34-18-10-8-16-28(34)38-30)19-25(31)29-20-35(23-11-3-1-4-12-23)41-33-17-9-7-15-27(33)37-29/h1-19,22,35-36,39-40H,20-21H2/t35-,36+. The van der Waals surface area contributed by atoms with Gasteiger partial charge in [-0.05, 0) is 41.5 Å². The van der Waals surface area contributed by atoms with Gasteiger partial charge in [-0.3, -0.25) is 9.98 Å². The van der Waals surface area contributed by atoms with Crippen LogP contribution in [-0.2, 0) is 0 Å². The van der Waals surface area contributed by atoms with E-state index >= 15 is 0 Å². The molecule has 0 spiro atoms. The number of hydrogen-bond donors (Lipinski definition) is 2. The average Bonchev–Trinajstić information content (AvgIpc) is 3.34. The molecule has 0 saturated heterocycles. The van der Waals surface area contributed by atoms with Crippen LogP contribution < -0.4 is 0 Å². The molecule has 0 saturated carbocycles. The van der Waals surface area contributed by atoms with Crippen LogP contribution in [0.4, 0.5) is 11.4 Å². The molecular formula is C36H28N2O2S2. The molecule has 2 atom stereocenters. The minimum Gasteiger partial charge on any atom is -0.507 e. The Bertz CT molecular complexity index is 1690. The zero-order valence-electron chi connectivity index (χ0n) is 22.7. The van der Waals surface area contributed by atoms with Crippen molar-refractivity contribution in [2.24, 2.45) is 9.98 Å². The molecular weight excluding hydrogens is 557 g/mol. The highest BCUT2D eigenvalue weighted by Gasteiger charge is 2.28. The quantitative estimate of drug-likeness (QED) is 0.221. The summed E-state index contributed by atoms with van der Waals surface area (Å²) in [5.41, 5.74) is 6.97. The number of rotatable bonds is 4. The van der Waals surface area contributed by atoms with Gasteiger partial charge in [0.25, 0.3) is 0 Å². The summed E-state index contributed by atoms with van der Waals surface area (Å²) in [6.07, 6.45) is 1.25. The van der Waals surface area contributed by atoms with Crippen LogP contribution >= 0.6 is 23.5 Å². The highest BCUT2D eigenvalue weighted by Crippen LogP contribution is 2.48. The van der Waals surface area contributed by atoms with E-state index in [4.69, 9.17) is 9.98 Å². The zero-order valence-corrected chi connectivity index (χ0v) is 24.4. The van der Waals surface area contributed by atoms with Crippen molar-refractivity contribution in [2.75, 3.05) is 0 Å². The number of aliphatic imine (C=N–C) groups is 2. The number of hydrogen-bond acceptors (Lipinski definition) is 6. The van der Waals surface area contributed by atoms with E-state index in [9.17, 15) is 10.2 Å². The molecule has 2 aliphatic heterocycles. The fourth-order valence-electron chi connectivity index (χ4n) is 5.51. The van der Waals surface area contributed by atoms with Crippen LogP contribution in [0.3, 0.4) is 0 Å². The van der Waals surface area contributed by atoms with Gasteiger partial charge < -0.3 is 10.2 Å². The molecule has 4 nitrogen and oxygen atoms in total. The van der Waals surface area contributed by atoms with Gasteiger partial charge in [-0.2, -0.15) is 0 Å². The van der Waals surface area contributed by atoms with E-state index < -0.39 is 0 Å². The van der Waals surface area contributed by atoms with Crippen LogP contribution in [0, 0.1) is 0 Å². The Balaban J connectivity index is 1.35. The Morgan fingerprint density at radius 3 is 1.36 bits per heavy atom. The monoisotopic (exact) mass is 584 g/mol. The molecule has 5 aromatic carbocycles. The second-order valence-corrected chi connectivity index (χ2v) is 12.9.